The highest BCUT2D eigenvalue weighted by Crippen LogP contribution is 2.65. The molecule has 4 heteroatoms. The summed E-state index contributed by atoms with van der Waals surface area (Å²) in [5.41, 5.74) is 23.9. The Morgan fingerprint density at radius 2 is 0.756 bits per heavy atom. The molecule has 0 N–H and O–H groups in total. The highest BCUT2D eigenvalue weighted by Gasteiger charge is 2.52. The summed E-state index contributed by atoms with van der Waals surface area (Å²) in [6.07, 6.45) is 0. The fourth-order valence-corrected chi connectivity index (χ4v) is 14.4. The lowest BCUT2D eigenvalue weighted by molar-refractivity contribution is 0.629. The van der Waals surface area contributed by atoms with Crippen LogP contribution in [0.15, 0.2) is 291 Å². The van der Waals surface area contributed by atoms with Crippen LogP contribution in [0.1, 0.15) is 22.3 Å². The van der Waals surface area contributed by atoms with Crippen molar-refractivity contribution in [2.45, 2.75) is 5.41 Å². The maximum absolute atomic E-state index is 16.9. The molecule has 1 heterocycles. The zero-order valence-corrected chi connectivity index (χ0v) is 44.4. The molecule has 382 valence electrons. The quantitative estimate of drug-likeness (QED) is 0.151. The van der Waals surface area contributed by atoms with Crippen LogP contribution < -0.4 is 9.80 Å². The Bertz CT molecular complexity index is 4900. The van der Waals surface area contributed by atoms with Crippen LogP contribution in [0.2, 0.25) is 0 Å². The van der Waals surface area contributed by atoms with Crippen molar-refractivity contribution in [2.24, 2.45) is 0 Å². The zero-order valence-electron chi connectivity index (χ0n) is 44.4. The fourth-order valence-electron chi connectivity index (χ4n) is 14.4. The molecule has 0 saturated carbocycles. The van der Waals surface area contributed by atoms with E-state index in [1.165, 1.54) is 82.9 Å². The predicted molar refractivity (Wildman–Crippen MR) is 338 cm³/mol. The molecule has 0 bridgehead atoms. The van der Waals surface area contributed by atoms with Gasteiger partial charge in [-0.2, -0.15) is 0 Å². The normalized spacial score (nSPS) is 12.8. The third-order valence-corrected chi connectivity index (χ3v) is 17.6. The molecule has 13 aromatic carbocycles. The zero-order chi connectivity index (χ0) is 54.0. The molecule has 0 amide bonds. The van der Waals surface area contributed by atoms with E-state index < -0.39 is 5.41 Å². The van der Waals surface area contributed by atoms with E-state index in [0.29, 0.717) is 5.69 Å². The summed E-state index contributed by atoms with van der Waals surface area (Å²) in [6.45, 7) is 0. The molecule has 82 heavy (non-hydrogen) atoms. The van der Waals surface area contributed by atoms with E-state index in [4.69, 9.17) is 4.98 Å². The highest BCUT2D eigenvalue weighted by molar-refractivity contribution is 6.27. The number of hydrogen-bond acceptors (Lipinski definition) is 3. The molecule has 1 aromatic heterocycles. The number of pyridine rings is 1. The van der Waals surface area contributed by atoms with Gasteiger partial charge in [-0.3, -0.25) is 4.90 Å². The molecule has 1 spiro atoms. The molecule has 0 atom stereocenters. The van der Waals surface area contributed by atoms with E-state index in [9.17, 15) is 0 Å². The molecule has 0 radical (unpaired) electrons. The van der Waals surface area contributed by atoms with Gasteiger partial charge in [-0.25, -0.2) is 9.37 Å². The Kier molecular flexibility index (Phi) is 10.1. The molecule has 3 aliphatic rings. The van der Waals surface area contributed by atoms with Crippen molar-refractivity contribution in [1.82, 2.24) is 4.98 Å². The topological polar surface area (TPSA) is 19.4 Å². The monoisotopic (exact) mass is 1050 g/mol. The molecular weight excluding hydrogens is 998 g/mol. The fraction of sp³-hybridized carbons (Fsp3) is 0.0128. The summed E-state index contributed by atoms with van der Waals surface area (Å²) in [4.78, 5) is 9.57. The minimum atomic E-state index is -0.548. The van der Waals surface area contributed by atoms with Crippen molar-refractivity contribution in [2.75, 3.05) is 9.80 Å². The Hall–Kier alpha value is -10.7. The number of hydrogen-bond donors (Lipinski definition) is 0. The molecule has 14 aromatic rings. The number of rotatable bonds is 8. The van der Waals surface area contributed by atoms with Gasteiger partial charge in [0.1, 0.15) is 11.6 Å². The average Bonchev–Trinajstić information content (AvgIpc) is 1.69. The number of nitrogens with zero attached hydrogens (tertiary/aromatic N) is 3. The van der Waals surface area contributed by atoms with Crippen LogP contribution in [0.25, 0.3) is 99.2 Å². The molecule has 0 aliphatic heterocycles. The van der Waals surface area contributed by atoms with Gasteiger partial charge < -0.3 is 4.90 Å². The molecule has 17 rings (SSSR count). The average molecular weight is 1050 g/mol. The Morgan fingerprint density at radius 3 is 1.40 bits per heavy atom. The van der Waals surface area contributed by atoms with E-state index in [1.54, 1.807) is 12.1 Å². The standard InChI is InChI=1S/C78H48FN3/c79-67-35-13-15-37-69(67)82(70-38-18-34-66-75(70)60-28-9-12-33-65(60)78(66)63-31-10-7-24-56(63)57-25-8-11-32-64(57)78)55-46-41-52(42-47-55)74-59-27-6-5-26-58(59)73(76-61-29-16-20-50-21-17-30-62(72(50)61)77(74)76)51-39-44-54(45-40-51)81(53-22-2-1-3-23-53)71-48-43-49-19-4-14-36-68(49)80-71/h1-48H. The largest absolute Gasteiger partial charge is 0.307 e. The second kappa shape index (κ2) is 17.9. The predicted octanol–water partition coefficient (Wildman–Crippen LogP) is 20.9. The summed E-state index contributed by atoms with van der Waals surface area (Å²) >= 11 is 0. The molecule has 3 nitrogen and oxygen atoms in total. The molecule has 0 fully saturated rings. The summed E-state index contributed by atoms with van der Waals surface area (Å²) in [6, 6.07) is 104. The number of fused-ring (bicyclic) bond motifs is 15. The third-order valence-electron chi connectivity index (χ3n) is 17.6. The maximum Gasteiger partial charge on any atom is 0.147 e. The summed E-state index contributed by atoms with van der Waals surface area (Å²) < 4.78 is 16.9. The first-order chi connectivity index (χ1) is 40.6. The van der Waals surface area contributed by atoms with Crippen molar-refractivity contribution in [3.05, 3.63) is 319 Å². The Balaban J connectivity index is 0.847. The maximum atomic E-state index is 16.9. The van der Waals surface area contributed by atoms with Crippen LogP contribution in [0.5, 0.6) is 0 Å². The summed E-state index contributed by atoms with van der Waals surface area (Å²) in [7, 11) is 0. The molecule has 3 aliphatic carbocycles. The van der Waals surface area contributed by atoms with Crippen LogP contribution in [-0.2, 0) is 5.41 Å². The van der Waals surface area contributed by atoms with Crippen LogP contribution in [0.4, 0.5) is 38.6 Å². The Morgan fingerprint density at radius 1 is 0.293 bits per heavy atom. The van der Waals surface area contributed by atoms with Gasteiger partial charge in [0.15, 0.2) is 0 Å². The lowest BCUT2D eigenvalue weighted by Crippen LogP contribution is -2.26. The second-order valence-electron chi connectivity index (χ2n) is 21.8. The van der Waals surface area contributed by atoms with Crippen LogP contribution in [0, 0.1) is 5.82 Å². The lowest BCUT2D eigenvalue weighted by atomic mass is 9.70. The van der Waals surface area contributed by atoms with Gasteiger partial charge in [-0.15, -0.1) is 0 Å². The highest BCUT2D eigenvalue weighted by atomic mass is 19.1. The van der Waals surface area contributed by atoms with Gasteiger partial charge in [-0.1, -0.05) is 218 Å². The van der Waals surface area contributed by atoms with Crippen LogP contribution in [-0.4, -0.2) is 4.98 Å². The van der Waals surface area contributed by atoms with Crippen LogP contribution in [0.3, 0.4) is 0 Å². The number of benzene rings is 13. The van der Waals surface area contributed by atoms with E-state index >= 15 is 4.39 Å². The van der Waals surface area contributed by atoms with E-state index in [0.717, 1.165) is 67.1 Å². The molecule has 0 saturated heterocycles. The van der Waals surface area contributed by atoms with Crippen molar-refractivity contribution < 1.29 is 4.39 Å². The van der Waals surface area contributed by atoms with E-state index in [-0.39, 0.29) is 5.82 Å². The minimum absolute atomic E-state index is 0.293. The number of anilines is 6. The first-order valence-electron chi connectivity index (χ1n) is 28.1. The molecule has 0 unspecified atom stereocenters. The Labute approximate surface area is 474 Å². The van der Waals surface area contributed by atoms with E-state index in [1.807, 2.05) is 18.2 Å². The summed E-state index contributed by atoms with van der Waals surface area (Å²) in [5, 5.41) is 5.91. The minimum Gasteiger partial charge on any atom is -0.307 e. The van der Waals surface area contributed by atoms with E-state index in [2.05, 4.69) is 271 Å². The number of aromatic nitrogens is 1. The van der Waals surface area contributed by atoms with Crippen LogP contribution >= 0.6 is 0 Å². The second-order valence-corrected chi connectivity index (χ2v) is 21.8. The van der Waals surface area contributed by atoms with Crippen molar-refractivity contribution in [1.29, 1.82) is 0 Å². The third kappa shape index (κ3) is 6.55. The van der Waals surface area contributed by atoms with Gasteiger partial charge in [-0.05, 0) is 178 Å². The molecular formula is C78H48FN3. The first kappa shape index (κ1) is 46.3. The van der Waals surface area contributed by atoms with Crippen molar-refractivity contribution in [3.63, 3.8) is 0 Å². The van der Waals surface area contributed by atoms with Crippen molar-refractivity contribution in [3.8, 4) is 66.8 Å². The van der Waals surface area contributed by atoms with Gasteiger partial charge in [0.05, 0.1) is 22.3 Å². The van der Waals surface area contributed by atoms with Gasteiger partial charge in [0.2, 0.25) is 0 Å². The SMILES string of the molecule is Fc1ccccc1N(c1ccc(-c2c3c(c(-c4ccc(N(c5ccccc5)c5ccc6ccccc6n5)cc4)c4ccccc24)-c2cccc4cccc-3c24)cc1)c1cccc2c1-c1ccccc1C21c2ccccc2-c2ccccc21. The van der Waals surface area contributed by atoms with Crippen molar-refractivity contribution >= 4 is 66.7 Å². The summed E-state index contributed by atoms with van der Waals surface area (Å²) in [5.74, 6) is 0.560. The lowest BCUT2D eigenvalue weighted by Gasteiger charge is -2.32. The van der Waals surface area contributed by atoms with Gasteiger partial charge in [0, 0.05) is 28.0 Å². The smallest absolute Gasteiger partial charge is 0.147 e. The van der Waals surface area contributed by atoms with Gasteiger partial charge >= 0.3 is 0 Å². The number of para-hydroxylation sites is 3. The van der Waals surface area contributed by atoms with Gasteiger partial charge in [0.25, 0.3) is 0 Å². The first-order valence-corrected chi connectivity index (χ1v) is 28.1. The number of halogens is 1.